The molecule has 0 spiro atoms. The number of benzene rings is 2. The molecule has 3 rings (SSSR count). The van der Waals surface area contributed by atoms with E-state index in [1.54, 1.807) is 17.9 Å². The molecule has 0 fully saturated rings. The van der Waals surface area contributed by atoms with Crippen LogP contribution in [-0.2, 0) is 6.54 Å². The Labute approximate surface area is 150 Å². The van der Waals surface area contributed by atoms with Gasteiger partial charge < -0.3 is 9.42 Å². The first kappa shape index (κ1) is 17.3. The molecule has 3 aromatic rings. The van der Waals surface area contributed by atoms with Gasteiger partial charge in [0.25, 0.3) is 11.6 Å². The normalized spacial score (nSPS) is 10.5. The van der Waals surface area contributed by atoms with E-state index in [9.17, 15) is 14.9 Å². The summed E-state index contributed by atoms with van der Waals surface area (Å²) >= 11 is 0. The number of amides is 1. The summed E-state index contributed by atoms with van der Waals surface area (Å²) in [6, 6.07) is 14.9. The number of anilines is 1. The van der Waals surface area contributed by atoms with Crippen LogP contribution in [0.5, 0.6) is 0 Å². The second-order valence-electron chi connectivity index (χ2n) is 5.84. The molecule has 0 unspecified atom stereocenters. The second kappa shape index (κ2) is 7.18. The van der Waals surface area contributed by atoms with Crippen LogP contribution in [0.2, 0.25) is 0 Å². The number of aromatic nitrogens is 1. The van der Waals surface area contributed by atoms with Crippen molar-refractivity contribution in [2.75, 3.05) is 4.90 Å². The van der Waals surface area contributed by atoms with E-state index in [4.69, 9.17) is 4.52 Å². The highest BCUT2D eigenvalue weighted by Crippen LogP contribution is 2.24. The van der Waals surface area contributed by atoms with Crippen molar-refractivity contribution >= 4 is 17.3 Å². The molecular weight excluding hydrogens is 334 g/mol. The summed E-state index contributed by atoms with van der Waals surface area (Å²) in [5, 5.41) is 15.0. The van der Waals surface area contributed by atoms with Gasteiger partial charge >= 0.3 is 0 Å². The number of non-ortho nitro benzene ring substituents is 1. The maximum atomic E-state index is 13.1. The zero-order valence-electron chi connectivity index (χ0n) is 14.4. The number of nitro groups is 1. The van der Waals surface area contributed by atoms with E-state index in [-0.39, 0.29) is 23.7 Å². The molecule has 2 aromatic carbocycles. The van der Waals surface area contributed by atoms with Crippen molar-refractivity contribution in [3.8, 4) is 0 Å². The predicted molar refractivity (Wildman–Crippen MR) is 96.0 cm³/mol. The number of hydrogen-bond donors (Lipinski definition) is 0. The highest BCUT2D eigenvalue weighted by Gasteiger charge is 2.23. The van der Waals surface area contributed by atoms with Crippen molar-refractivity contribution in [1.29, 1.82) is 0 Å². The van der Waals surface area contributed by atoms with E-state index in [0.717, 1.165) is 5.56 Å². The summed E-state index contributed by atoms with van der Waals surface area (Å²) in [6.45, 7) is 3.86. The molecule has 0 aliphatic heterocycles. The highest BCUT2D eigenvalue weighted by molar-refractivity contribution is 6.06. The summed E-state index contributed by atoms with van der Waals surface area (Å²) in [5.41, 5.74) is 2.32. The first-order valence-electron chi connectivity index (χ1n) is 8.00. The van der Waals surface area contributed by atoms with Gasteiger partial charge in [0.15, 0.2) is 0 Å². The van der Waals surface area contributed by atoms with Crippen molar-refractivity contribution in [3.05, 3.63) is 87.3 Å². The minimum Gasteiger partial charge on any atom is -0.361 e. The second-order valence-corrected chi connectivity index (χ2v) is 5.84. The minimum atomic E-state index is -0.516. The third-order valence-corrected chi connectivity index (χ3v) is 4.11. The van der Waals surface area contributed by atoms with Crippen LogP contribution < -0.4 is 4.90 Å². The number of nitrogens with zero attached hydrogens (tertiary/aromatic N) is 3. The van der Waals surface area contributed by atoms with Gasteiger partial charge in [0.05, 0.1) is 17.2 Å². The number of hydrogen-bond acceptors (Lipinski definition) is 5. The van der Waals surface area contributed by atoms with Gasteiger partial charge in [0, 0.05) is 28.9 Å². The van der Waals surface area contributed by atoms with Crippen LogP contribution in [-0.4, -0.2) is 16.0 Å². The first-order valence-corrected chi connectivity index (χ1v) is 8.00. The number of nitro benzene ring substituents is 1. The third-order valence-electron chi connectivity index (χ3n) is 4.11. The zero-order chi connectivity index (χ0) is 18.7. The minimum absolute atomic E-state index is 0.124. The van der Waals surface area contributed by atoms with Gasteiger partial charge in [-0.25, -0.2) is 0 Å². The molecule has 0 saturated heterocycles. The summed E-state index contributed by atoms with van der Waals surface area (Å²) < 4.78 is 5.19. The molecule has 7 heteroatoms. The molecule has 0 radical (unpaired) electrons. The zero-order valence-corrected chi connectivity index (χ0v) is 14.4. The lowest BCUT2D eigenvalue weighted by molar-refractivity contribution is -0.384. The van der Waals surface area contributed by atoms with E-state index in [0.29, 0.717) is 17.1 Å². The molecule has 1 amide bonds. The van der Waals surface area contributed by atoms with Crippen LogP contribution in [0, 0.1) is 24.0 Å². The van der Waals surface area contributed by atoms with Crippen LogP contribution in [0.25, 0.3) is 0 Å². The van der Waals surface area contributed by atoms with Crippen molar-refractivity contribution in [3.63, 3.8) is 0 Å². The fraction of sp³-hybridized carbons (Fsp3) is 0.158. The lowest BCUT2D eigenvalue weighted by Gasteiger charge is -2.23. The average Bonchev–Trinajstić information content (AvgIpc) is 2.98. The average molecular weight is 351 g/mol. The monoisotopic (exact) mass is 351 g/mol. The van der Waals surface area contributed by atoms with Crippen molar-refractivity contribution < 1.29 is 14.2 Å². The number of carbonyl (C=O) groups excluding carboxylic acids is 1. The quantitative estimate of drug-likeness (QED) is 0.511. The summed E-state index contributed by atoms with van der Waals surface area (Å²) in [4.78, 5) is 25.2. The smallest absolute Gasteiger partial charge is 0.270 e. The Morgan fingerprint density at radius 3 is 2.50 bits per heavy atom. The Morgan fingerprint density at radius 1 is 1.15 bits per heavy atom. The van der Waals surface area contributed by atoms with Gasteiger partial charge in [-0.3, -0.25) is 14.9 Å². The molecule has 0 atom stereocenters. The maximum absolute atomic E-state index is 13.1. The van der Waals surface area contributed by atoms with Crippen LogP contribution in [0.15, 0.2) is 59.1 Å². The molecule has 7 nitrogen and oxygen atoms in total. The summed E-state index contributed by atoms with van der Waals surface area (Å²) in [7, 11) is 0. The van der Waals surface area contributed by atoms with Gasteiger partial charge in [0.1, 0.15) is 5.76 Å². The van der Waals surface area contributed by atoms with Crippen LogP contribution in [0.4, 0.5) is 11.4 Å². The van der Waals surface area contributed by atoms with Crippen LogP contribution in [0.1, 0.15) is 27.4 Å². The standard InChI is InChI=1S/C19H17N3O4/c1-13-18(14(2)26-20-13)12-21(16-8-4-3-5-9-16)19(23)15-7-6-10-17(11-15)22(24)25/h3-11H,12H2,1-2H3. The van der Waals surface area contributed by atoms with Crippen molar-refractivity contribution in [1.82, 2.24) is 5.16 Å². The lowest BCUT2D eigenvalue weighted by Crippen LogP contribution is -2.30. The Balaban J connectivity index is 2.02. The Kier molecular flexibility index (Phi) is 4.79. The van der Waals surface area contributed by atoms with Crippen LogP contribution >= 0.6 is 0 Å². The van der Waals surface area contributed by atoms with Crippen molar-refractivity contribution in [2.24, 2.45) is 0 Å². The maximum Gasteiger partial charge on any atom is 0.270 e. The van der Waals surface area contributed by atoms with Gasteiger partial charge in [-0.1, -0.05) is 29.4 Å². The predicted octanol–water partition coefficient (Wildman–Crippen LogP) is 4.05. The fourth-order valence-electron chi connectivity index (χ4n) is 2.68. The number of rotatable bonds is 5. The SMILES string of the molecule is Cc1noc(C)c1CN(C(=O)c1cccc([N+](=O)[O-])c1)c1ccccc1. The van der Waals surface area contributed by atoms with Gasteiger partial charge in [-0.2, -0.15) is 0 Å². The van der Waals surface area contributed by atoms with Gasteiger partial charge in [-0.05, 0) is 32.0 Å². The fourth-order valence-corrected chi connectivity index (χ4v) is 2.68. The van der Waals surface area contributed by atoms with Gasteiger partial charge in [-0.15, -0.1) is 0 Å². The number of carbonyl (C=O) groups is 1. The van der Waals surface area contributed by atoms with E-state index < -0.39 is 4.92 Å². The number of aryl methyl sites for hydroxylation is 2. The number of para-hydroxylation sites is 1. The summed E-state index contributed by atoms with van der Waals surface area (Å²) in [6.07, 6.45) is 0. The van der Waals surface area contributed by atoms with Gasteiger partial charge in [0.2, 0.25) is 0 Å². The van der Waals surface area contributed by atoms with Crippen LogP contribution in [0.3, 0.4) is 0 Å². The topological polar surface area (TPSA) is 89.5 Å². The molecule has 1 aromatic heterocycles. The molecule has 1 heterocycles. The molecular formula is C19H17N3O4. The lowest BCUT2D eigenvalue weighted by atomic mass is 10.1. The van der Waals surface area contributed by atoms with Crippen molar-refractivity contribution in [2.45, 2.75) is 20.4 Å². The first-order chi connectivity index (χ1) is 12.5. The Bertz CT molecular complexity index is 931. The Morgan fingerprint density at radius 2 is 1.88 bits per heavy atom. The van der Waals surface area contributed by atoms with E-state index in [1.807, 2.05) is 37.3 Å². The highest BCUT2D eigenvalue weighted by atomic mass is 16.6. The van der Waals surface area contributed by atoms with E-state index in [1.165, 1.54) is 18.2 Å². The molecule has 0 saturated carbocycles. The molecule has 0 N–H and O–H groups in total. The summed E-state index contributed by atoms with van der Waals surface area (Å²) in [5.74, 6) is 0.301. The third kappa shape index (κ3) is 3.46. The molecule has 26 heavy (non-hydrogen) atoms. The van der Waals surface area contributed by atoms with E-state index >= 15 is 0 Å². The van der Waals surface area contributed by atoms with E-state index in [2.05, 4.69) is 5.16 Å². The largest absolute Gasteiger partial charge is 0.361 e. The molecule has 0 aliphatic rings. The Hall–Kier alpha value is -3.48. The molecule has 0 bridgehead atoms. The molecule has 132 valence electrons. The molecule has 0 aliphatic carbocycles.